The number of aryl methyl sites for hydroxylation is 1. The van der Waals surface area contributed by atoms with Gasteiger partial charge >= 0.3 is 0 Å². The summed E-state index contributed by atoms with van der Waals surface area (Å²) in [4.78, 5) is 15.8. The molecule has 0 spiro atoms. The molecule has 1 fully saturated rings. The molecule has 3 aromatic rings. The second kappa shape index (κ2) is 6.38. The van der Waals surface area contributed by atoms with Crippen molar-refractivity contribution < 1.29 is 0 Å². The zero-order valence-corrected chi connectivity index (χ0v) is 15.3. The fourth-order valence-electron chi connectivity index (χ4n) is 4.51. The average molecular weight is 358 g/mol. The smallest absolute Gasteiger partial charge is 0.253 e. The topological polar surface area (TPSA) is 74.5 Å². The highest BCUT2D eigenvalue weighted by Gasteiger charge is 2.29. The van der Waals surface area contributed by atoms with Crippen LogP contribution in [-0.4, -0.2) is 14.8 Å². The van der Waals surface area contributed by atoms with Crippen molar-refractivity contribution in [3.63, 3.8) is 0 Å². The molecule has 0 amide bonds. The molecule has 5 heteroatoms. The molecule has 27 heavy (non-hydrogen) atoms. The van der Waals surface area contributed by atoms with E-state index in [2.05, 4.69) is 11.1 Å². The largest absolute Gasteiger partial charge is 0.307 e. The van der Waals surface area contributed by atoms with E-state index in [0.717, 1.165) is 42.5 Å². The van der Waals surface area contributed by atoms with Crippen molar-refractivity contribution in [1.29, 1.82) is 5.26 Å². The lowest BCUT2D eigenvalue weighted by atomic mass is 9.80. The van der Waals surface area contributed by atoms with Gasteiger partial charge in [0.05, 0.1) is 23.9 Å². The molecule has 0 aliphatic heterocycles. The Morgan fingerprint density at radius 3 is 2.74 bits per heavy atom. The van der Waals surface area contributed by atoms with Crippen LogP contribution in [0.3, 0.4) is 0 Å². The zero-order valence-electron chi connectivity index (χ0n) is 15.3. The summed E-state index contributed by atoms with van der Waals surface area (Å²) >= 11 is 0. The van der Waals surface area contributed by atoms with E-state index in [9.17, 15) is 4.79 Å². The number of nitrogens with one attached hydrogen (secondary N) is 1. The summed E-state index contributed by atoms with van der Waals surface area (Å²) in [7, 11) is 0. The molecule has 1 saturated carbocycles. The molecule has 0 atom stereocenters. The maximum Gasteiger partial charge on any atom is 0.253 e. The molecule has 1 aromatic carbocycles. The highest BCUT2D eigenvalue weighted by atomic mass is 16.1. The molecule has 5 nitrogen and oxygen atoms in total. The Morgan fingerprint density at radius 2 is 2.00 bits per heavy atom. The predicted molar refractivity (Wildman–Crippen MR) is 104 cm³/mol. The maximum atomic E-state index is 12.7. The van der Waals surface area contributed by atoms with Gasteiger partial charge in [0.2, 0.25) is 0 Å². The van der Waals surface area contributed by atoms with Gasteiger partial charge in [-0.15, -0.1) is 0 Å². The number of pyridine rings is 1. The normalized spacial score (nSPS) is 16.7. The first-order chi connectivity index (χ1) is 13.2. The Morgan fingerprint density at radius 1 is 1.19 bits per heavy atom. The Balaban J connectivity index is 1.69. The molecular weight excluding hydrogens is 336 g/mol. The minimum absolute atomic E-state index is 0.0456. The van der Waals surface area contributed by atoms with E-state index in [-0.39, 0.29) is 5.56 Å². The summed E-state index contributed by atoms with van der Waals surface area (Å²) in [5.74, 6) is 0.510. The van der Waals surface area contributed by atoms with Crippen LogP contribution in [0.25, 0.3) is 11.0 Å². The van der Waals surface area contributed by atoms with Crippen LogP contribution in [0.5, 0.6) is 0 Å². The SMILES string of the molecule is N#Cc1cccc(Cn2nc(C3CCC3)c3c4c(c(=O)[nH]c32)CCCC4)c1. The number of hydrogen-bond donors (Lipinski definition) is 1. The van der Waals surface area contributed by atoms with E-state index in [1.54, 1.807) is 0 Å². The number of aromatic nitrogens is 3. The highest BCUT2D eigenvalue weighted by molar-refractivity contribution is 5.84. The molecule has 2 aliphatic rings. The van der Waals surface area contributed by atoms with Crippen molar-refractivity contribution >= 4 is 11.0 Å². The van der Waals surface area contributed by atoms with Gasteiger partial charge in [-0.2, -0.15) is 10.4 Å². The monoisotopic (exact) mass is 358 g/mol. The highest BCUT2D eigenvalue weighted by Crippen LogP contribution is 2.41. The third-order valence-corrected chi connectivity index (χ3v) is 6.14. The third-order valence-electron chi connectivity index (χ3n) is 6.14. The number of nitrogens with zero attached hydrogens (tertiary/aromatic N) is 3. The van der Waals surface area contributed by atoms with Gasteiger partial charge in [-0.3, -0.25) is 4.79 Å². The molecule has 5 rings (SSSR count). The number of hydrogen-bond acceptors (Lipinski definition) is 3. The van der Waals surface area contributed by atoms with Gasteiger partial charge in [-0.1, -0.05) is 18.6 Å². The van der Waals surface area contributed by atoms with Crippen molar-refractivity contribution in [2.24, 2.45) is 0 Å². The van der Waals surface area contributed by atoms with Gasteiger partial charge in [0.1, 0.15) is 5.65 Å². The minimum Gasteiger partial charge on any atom is -0.307 e. The molecule has 0 unspecified atom stereocenters. The van der Waals surface area contributed by atoms with E-state index < -0.39 is 0 Å². The lowest BCUT2D eigenvalue weighted by molar-refractivity contribution is 0.408. The Hall–Kier alpha value is -2.87. The second-order valence-corrected chi connectivity index (χ2v) is 7.82. The maximum absolute atomic E-state index is 12.7. The Kier molecular flexibility index (Phi) is 3.86. The summed E-state index contributed by atoms with van der Waals surface area (Å²) in [5, 5.41) is 15.3. The average Bonchev–Trinajstić information content (AvgIpc) is 2.98. The van der Waals surface area contributed by atoms with E-state index in [1.165, 1.54) is 35.9 Å². The van der Waals surface area contributed by atoms with Crippen molar-refractivity contribution in [2.45, 2.75) is 57.4 Å². The second-order valence-electron chi connectivity index (χ2n) is 7.82. The first-order valence-corrected chi connectivity index (χ1v) is 9.88. The van der Waals surface area contributed by atoms with Crippen LogP contribution in [-0.2, 0) is 19.4 Å². The summed E-state index contributed by atoms with van der Waals surface area (Å²) < 4.78 is 1.94. The van der Waals surface area contributed by atoms with E-state index in [1.807, 2.05) is 28.9 Å². The van der Waals surface area contributed by atoms with Gasteiger partial charge in [0.15, 0.2) is 0 Å². The molecule has 2 aromatic heterocycles. The lowest BCUT2D eigenvalue weighted by Gasteiger charge is -2.25. The van der Waals surface area contributed by atoms with E-state index in [4.69, 9.17) is 10.4 Å². The van der Waals surface area contributed by atoms with E-state index >= 15 is 0 Å². The van der Waals surface area contributed by atoms with Crippen LogP contribution in [0.2, 0.25) is 0 Å². The Labute approximate surface area is 157 Å². The minimum atomic E-state index is 0.0456. The predicted octanol–water partition coefficient (Wildman–Crippen LogP) is 3.79. The molecular formula is C22H22N4O. The number of H-pyrrole nitrogens is 1. The fraction of sp³-hybridized carbons (Fsp3) is 0.409. The van der Waals surface area contributed by atoms with Gasteiger partial charge < -0.3 is 4.98 Å². The summed E-state index contributed by atoms with van der Waals surface area (Å²) in [6.07, 6.45) is 7.72. The summed E-state index contributed by atoms with van der Waals surface area (Å²) in [6.45, 7) is 0.563. The van der Waals surface area contributed by atoms with Gasteiger partial charge in [-0.25, -0.2) is 4.68 Å². The van der Waals surface area contributed by atoms with Crippen molar-refractivity contribution in [2.75, 3.05) is 0 Å². The van der Waals surface area contributed by atoms with E-state index in [0.29, 0.717) is 18.0 Å². The van der Waals surface area contributed by atoms with Crippen molar-refractivity contribution in [3.8, 4) is 6.07 Å². The standard InChI is InChI=1S/C22H22N4O/c23-12-14-5-3-6-15(11-14)13-26-21-19(20(25-26)16-7-4-8-16)17-9-1-2-10-18(17)22(27)24-21/h3,5-6,11,16H,1-2,4,7-10,13H2,(H,24,27). The molecule has 0 saturated heterocycles. The third kappa shape index (κ3) is 2.68. The van der Waals surface area contributed by atoms with Gasteiger partial charge in [0, 0.05) is 16.9 Å². The van der Waals surface area contributed by atoms with Crippen molar-refractivity contribution in [3.05, 3.63) is 62.6 Å². The quantitative estimate of drug-likeness (QED) is 0.774. The first kappa shape index (κ1) is 16.3. The first-order valence-electron chi connectivity index (χ1n) is 9.88. The van der Waals surface area contributed by atoms with Crippen LogP contribution in [0.4, 0.5) is 0 Å². The summed E-state index contributed by atoms with van der Waals surface area (Å²) in [6, 6.07) is 9.81. The fourth-order valence-corrected chi connectivity index (χ4v) is 4.51. The Bertz CT molecular complexity index is 1130. The van der Waals surface area contributed by atoms with Gasteiger partial charge in [0.25, 0.3) is 5.56 Å². The molecule has 2 aliphatic carbocycles. The van der Waals surface area contributed by atoms with Crippen LogP contribution >= 0.6 is 0 Å². The van der Waals surface area contributed by atoms with Crippen molar-refractivity contribution in [1.82, 2.24) is 14.8 Å². The molecule has 0 bridgehead atoms. The number of rotatable bonds is 3. The molecule has 2 heterocycles. The van der Waals surface area contributed by atoms with Crippen LogP contribution < -0.4 is 5.56 Å². The van der Waals surface area contributed by atoms with Gasteiger partial charge in [-0.05, 0) is 61.8 Å². The zero-order chi connectivity index (χ0) is 18.4. The number of aromatic amines is 1. The van der Waals surface area contributed by atoms with Crippen LogP contribution in [0.15, 0.2) is 29.1 Å². The molecule has 136 valence electrons. The number of benzene rings is 1. The summed E-state index contributed by atoms with van der Waals surface area (Å²) in [5.41, 5.74) is 5.95. The van der Waals surface area contributed by atoms with Crippen LogP contribution in [0, 0.1) is 11.3 Å². The lowest BCUT2D eigenvalue weighted by Crippen LogP contribution is -2.20. The molecule has 1 N–H and O–H groups in total. The number of nitriles is 1. The molecule has 0 radical (unpaired) electrons. The van der Waals surface area contributed by atoms with Crippen LogP contribution in [0.1, 0.15) is 66.0 Å². The number of fused-ring (bicyclic) bond motifs is 3.